The average Bonchev–Trinajstić information content (AvgIpc) is 2.68. The lowest BCUT2D eigenvalue weighted by atomic mass is 10.0. The number of nitrogens with zero attached hydrogens (tertiary/aromatic N) is 1. The van der Waals surface area contributed by atoms with Crippen molar-refractivity contribution >= 4 is 53.2 Å². The van der Waals surface area contributed by atoms with Crippen molar-refractivity contribution in [2.45, 2.75) is 18.7 Å². The summed E-state index contributed by atoms with van der Waals surface area (Å²) in [7, 11) is -3.84. The highest BCUT2D eigenvalue weighted by Crippen LogP contribution is 2.21. The van der Waals surface area contributed by atoms with Gasteiger partial charge in [0.25, 0.3) is 10.0 Å². The minimum absolute atomic E-state index is 0.174. The van der Waals surface area contributed by atoms with Crippen LogP contribution in [-0.2, 0) is 10.0 Å². The van der Waals surface area contributed by atoms with Crippen molar-refractivity contribution in [2.24, 2.45) is 4.40 Å². The predicted octanol–water partition coefficient (Wildman–Crippen LogP) is 6.80. The predicted molar refractivity (Wildman–Crippen MR) is 127 cm³/mol. The van der Waals surface area contributed by atoms with Crippen LogP contribution in [0.15, 0.2) is 97.1 Å². The number of halogens is 2. The molecule has 0 amide bonds. The number of rotatable bonds is 5. The zero-order valence-corrected chi connectivity index (χ0v) is 19.9. The number of benzene rings is 3. The van der Waals surface area contributed by atoms with Gasteiger partial charge in [0.05, 0.1) is 10.6 Å². The zero-order valence-electron chi connectivity index (χ0n) is 15.9. The molecule has 0 unspecified atom stereocenters. The van der Waals surface area contributed by atoms with Gasteiger partial charge in [0, 0.05) is 14.5 Å². The van der Waals surface area contributed by atoms with E-state index in [0.717, 1.165) is 31.2 Å². The number of aryl methyl sites for hydroxylation is 1. The molecule has 0 saturated heterocycles. The SMILES string of the molecule is C/C(=C\C(=N\S(=O)(=O)c1ccc(C)cc1)c1ccc(Br)cc1)c1ccc(Br)cc1. The lowest BCUT2D eigenvalue weighted by Crippen LogP contribution is -2.05. The molecular formula is C23H19Br2NO2S. The molecule has 0 saturated carbocycles. The van der Waals surface area contributed by atoms with E-state index in [1.807, 2.05) is 62.4 Å². The summed E-state index contributed by atoms with van der Waals surface area (Å²) in [5, 5.41) is 0. The maximum Gasteiger partial charge on any atom is 0.282 e. The first-order chi connectivity index (χ1) is 13.7. The van der Waals surface area contributed by atoms with Gasteiger partial charge in [0.1, 0.15) is 0 Å². The summed E-state index contributed by atoms with van der Waals surface area (Å²) in [6.45, 7) is 3.85. The molecule has 29 heavy (non-hydrogen) atoms. The van der Waals surface area contributed by atoms with Crippen LogP contribution in [0.2, 0.25) is 0 Å². The molecule has 0 spiro atoms. The quantitative estimate of drug-likeness (QED) is 0.339. The van der Waals surface area contributed by atoms with Crippen molar-refractivity contribution in [2.75, 3.05) is 0 Å². The summed E-state index contributed by atoms with van der Waals surface area (Å²) in [5.41, 5.74) is 4.01. The van der Waals surface area contributed by atoms with Crippen molar-refractivity contribution in [1.29, 1.82) is 0 Å². The molecule has 3 aromatic rings. The van der Waals surface area contributed by atoms with Crippen LogP contribution in [0.3, 0.4) is 0 Å². The number of sulfonamides is 1. The van der Waals surface area contributed by atoms with Gasteiger partial charge in [-0.1, -0.05) is 73.8 Å². The van der Waals surface area contributed by atoms with Crippen LogP contribution in [0.4, 0.5) is 0 Å². The van der Waals surface area contributed by atoms with Crippen molar-refractivity contribution in [3.63, 3.8) is 0 Å². The lowest BCUT2D eigenvalue weighted by Gasteiger charge is -2.07. The van der Waals surface area contributed by atoms with Crippen LogP contribution in [0, 0.1) is 6.92 Å². The topological polar surface area (TPSA) is 46.5 Å². The Morgan fingerprint density at radius 1 is 0.793 bits per heavy atom. The molecule has 3 nitrogen and oxygen atoms in total. The van der Waals surface area contributed by atoms with Crippen molar-refractivity contribution < 1.29 is 8.42 Å². The molecule has 0 atom stereocenters. The molecule has 3 rings (SSSR count). The van der Waals surface area contributed by atoms with Gasteiger partial charge in [-0.2, -0.15) is 12.8 Å². The van der Waals surface area contributed by atoms with Crippen LogP contribution in [0.1, 0.15) is 23.6 Å². The van der Waals surface area contributed by atoms with Crippen LogP contribution in [0.25, 0.3) is 5.57 Å². The smallest absolute Gasteiger partial charge is 0.199 e. The summed E-state index contributed by atoms with van der Waals surface area (Å²) < 4.78 is 31.9. The second-order valence-electron chi connectivity index (χ2n) is 6.61. The Morgan fingerprint density at radius 2 is 1.28 bits per heavy atom. The Balaban J connectivity index is 2.11. The van der Waals surface area contributed by atoms with Crippen LogP contribution in [0.5, 0.6) is 0 Å². The summed E-state index contributed by atoms with van der Waals surface area (Å²) >= 11 is 6.85. The van der Waals surface area contributed by atoms with Gasteiger partial charge in [-0.25, -0.2) is 0 Å². The molecule has 0 aliphatic heterocycles. The summed E-state index contributed by atoms with van der Waals surface area (Å²) in [4.78, 5) is 0.174. The third-order valence-electron chi connectivity index (χ3n) is 4.33. The molecule has 3 aromatic carbocycles. The van der Waals surface area contributed by atoms with Crippen molar-refractivity contribution in [3.8, 4) is 0 Å². The van der Waals surface area contributed by atoms with E-state index in [4.69, 9.17) is 0 Å². The Kier molecular flexibility index (Phi) is 6.88. The summed E-state index contributed by atoms with van der Waals surface area (Å²) in [6, 6.07) is 22.0. The average molecular weight is 533 g/mol. The molecule has 0 N–H and O–H groups in total. The van der Waals surface area contributed by atoms with Crippen LogP contribution in [-0.4, -0.2) is 14.1 Å². The zero-order chi connectivity index (χ0) is 21.0. The molecule has 6 heteroatoms. The third kappa shape index (κ3) is 5.75. The molecule has 0 aliphatic carbocycles. The number of hydrogen-bond donors (Lipinski definition) is 0. The molecule has 0 aliphatic rings. The molecule has 0 heterocycles. The van der Waals surface area contributed by atoms with E-state index >= 15 is 0 Å². The Bertz CT molecular complexity index is 1160. The first-order valence-corrected chi connectivity index (χ1v) is 11.9. The molecular weight excluding hydrogens is 514 g/mol. The van der Waals surface area contributed by atoms with E-state index in [2.05, 4.69) is 36.3 Å². The highest BCUT2D eigenvalue weighted by Gasteiger charge is 2.15. The fourth-order valence-electron chi connectivity index (χ4n) is 2.68. The first kappa shape index (κ1) is 21.7. The third-order valence-corrected chi connectivity index (χ3v) is 6.69. The van der Waals surface area contributed by atoms with Gasteiger partial charge in [-0.15, -0.1) is 0 Å². The van der Waals surface area contributed by atoms with E-state index in [9.17, 15) is 8.42 Å². The Labute approximate surface area is 188 Å². The van der Waals surface area contributed by atoms with Gasteiger partial charge >= 0.3 is 0 Å². The maximum atomic E-state index is 12.9. The Morgan fingerprint density at radius 3 is 1.79 bits per heavy atom. The largest absolute Gasteiger partial charge is 0.282 e. The second-order valence-corrected chi connectivity index (χ2v) is 10.0. The van der Waals surface area contributed by atoms with Crippen molar-refractivity contribution in [3.05, 3.63) is 105 Å². The minimum Gasteiger partial charge on any atom is -0.199 e. The van der Waals surface area contributed by atoms with E-state index in [1.165, 1.54) is 0 Å². The van der Waals surface area contributed by atoms with E-state index in [0.29, 0.717) is 5.71 Å². The van der Waals surface area contributed by atoms with E-state index < -0.39 is 10.0 Å². The second kappa shape index (κ2) is 9.20. The minimum atomic E-state index is -3.84. The highest BCUT2D eigenvalue weighted by molar-refractivity contribution is 9.10. The lowest BCUT2D eigenvalue weighted by molar-refractivity contribution is 0.598. The van der Waals surface area contributed by atoms with E-state index in [-0.39, 0.29) is 4.90 Å². The van der Waals surface area contributed by atoms with Gasteiger partial charge in [0.15, 0.2) is 0 Å². The van der Waals surface area contributed by atoms with Gasteiger partial charge < -0.3 is 0 Å². The monoisotopic (exact) mass is 531 g/mol. The van der Waals surface area contributed by atoms with Crippen molar-refractivity contribution in [1.82, 2.24) is 0 Å². The highest BCUT2D eigenvalue weighted by atomic mass is 79.9. The van der Waals surface area contributed by atoms with Gasteiger partial charge in [-0.05, 0) is 67.5 Å². The molecule has 148 valence electrons. The standard InChI is InChI=1S/C23H19Br2NO2S/c1-16-3-13-22(14-4-16)29(27,28)26-23(19-7-11-21(25)12-8-19)15-17(2)18-5-9-20(24)10-6-18/h3-15H,1-2H3/b17-15+,26-23-. The summed E-state index contributed by atoms with van der Waals surface area (Å²) in [6.07, 6.45) is 1.80. The molecule has 0 aromatic heterocycles. The molecule has 0 radical (unpaired) electrons. The first-order valence-electron chi connectivity index (χ1n) is 8.86. The number of allylic oxidation sites excluding steroid dienone is 2. The maximum absolute atomic E-state index is 12.9. The normalized spacial score (nSPS) is 12.8. The molecule has 0 bridgehead atoms. The summed E-state index contributed by atoms with van der Waals surface area (Å²) in [5.74, 6) is 0. The number of hydrogen-bond acceptors (Lipinski definition) is 2. The fourth-order valence-corrected chi connectivity index (χ4v) is 4.21. The van der Waals surface area contributed by atoms with Gasteiger partial charge in [-0.3, -0.25) is 0 Å². The van der Waals surface area contributed by atoms with E-state index in [1.54, 1.807) is 30.3 Å². The van der Waals surface area contributed by atoms with Crippen LogP contribution >= 0.6 is 31.9 Å². The Hall–Kier alpha value is -2.02. The molecule has 0 fully saturated rings. The fraction of sp³-hybridized carbons (Fsp3) is 0.0870. The van der Waals surface area contributed by atoms with Gasteiger partial charge in [0.2, 0.25) is 0 Å². The van der Waals surface area contributed by atoms with Crippen LogP contribution < -0.4 is 0 Å².